The largest absolute Gasteiger partial charge is 0.483 e. The summed E-state index contributed by atoms with van der Waals surface area (Å²) in [7, 11) is 0. The van der Waals surface area contributed by atoms with Crippen LogP contribution < -0.4 is 10.1 Å². The first-order chi connectivity index (χ1) is 18.4. The third-order valence-electron chi connectivity index (χ3n) is 7.16. The van der Waals surface area contributed by atoms with Gasteiger partial charge in [-0.2, -0.15) is 0 Å². The smallest absolute Gasteiger partial charge is 0.261 e. The van der Waals surface area contributed by atoms with Gasteiger partial charge in [-0.15, -0.1) is 0 Å². The molecule has 4 rings (SSSR count). The van der Waals surface area contributed by atoms with E-state index in [0.29, 0.717) is 17.2 Å². The second-order valence-electron chi connectivity index (χ2n) is 10.3. The molecular formula is C32H37ClN2O3. The fourth-order valence-electron chi connectivity index (χ4n) is 5.04. The van der Waals surface area contributed by atoms with Crippen molar-refractivity contribution in [1.82, 2.24) is 10.2 Å². The molecule has 0 unspecified atom stereocenters. The summed E-state index contributed by atoms with van der Waals surface area (Å²) >= 11 is 6.51. The number of benzene rings is 3. The molecule has 38 heavy (non-hydrogen) atoms. The van der Waals surface area contributed by atoms with Crippen molar-refractivity contribution in [2.45, 2.75) is 70.5 Å². The lowest BCUT2D eigenvalue weighted by Crippen LogP contribution is -2.53. The van der Waals surface area contributed by atoms with Gasteiger partial charge in [0.15, 0.2) is 6.61 Å². The molecule has 1 aliphatic rings. The zero-order valence-electron chi connectivity index (χ0n) is 22.2. The molecule has 1 aliphatic carbocycles. The van der Waals surface area contributed by atoms with Crippen LogP contribution in [-0.4, -0.2) is 35.4 Å². The molecule has 0 saturated heterocycles. The number of rotatable bonds is 11. The van der Waals surface area contributed by atoms with Crippen LogP contribution in [0.4, 0.5) is 0 Å². The molecule has 3 aromatic carbocycles. The van der Waals surface area contributed by atoms with Crippen LogP contribution in [0.15, 0.2) is 78.9 Å². The predicted octanol–water partition coefficient (Wildman–Crippen LogP) is 6.54. The van der Waals surface area contributed by atoms with E-state index in [4.69, 9.17) is 16.3 Å². The van der Waals surface area contributed by atoms with Gasteiger partial charge in [0.1, 0.15) is 11.8 Å². The number of ether oxygens (including phenoxy) is 1. The highest BCUT2D eigenvalue weighted by Crippen LogP contribution is 2.27. The molecule has 6 heteroatoms. The van der Waals surface area contributed by atoms with Gasteiger partial charge in [-0.1, -0.05) is 105 Å². The molecule has 0 bridgehead atoms. The van der Waals surface area contributed by atoms with Crippen molar-refractivity contribution in [1.29, 1.82) is 0 Å². The number of halogens is 1. The molecule has 0 heterocycles. The second-order valence-corrected chi connectivity index (χ2v) is 10.7. The maximum atomic E-state index is 13.9. The van der Waals surface area contributed by atoms with Crippen LogP contribution in [0.1, 0.15) is 62.1 Å². The molecule has 0 spiro atoms. The lowest BCUT2D eigenvalue weighted by atomic mass is 10.0. The number of nitrogens with zero attached hydrogens (tertiary/aromatic N) is 1. The first kappa shape index (κ1) is 27.7. The number of amides is 2. The highest BCUT2D eigenvalue weighted by atomic mass is 35.5. The lowest BCUT2D eigenvalue weighted by Gasteiger charge is -2.32. The first-order valence-corrected chi connectivity index (χ1v) is 13.9. The molecule has 0 radical (unpaired) electrons. The summed E-state index contributed by atoms with van der Waals surface area (Å²) in [6.07, 6.45) is 4.56. The summed E-state index contributed by atoms with van der Waals surface area (Å²) in [5, 5.41) is 3.79. The molecular weight excluding hydrogens is 496 g/mol. The van der Waals surface area contributed by atoms with Crippen LogP contribution in [0.5, 0.6) is 5.75 Å². The Morgan fingerprint density at radius 2 is 1.61 bits per heavy atom. The second kappa shape index (κ2) is 13.5. The number of carbonyl (C=O) groups is 2. The number of hydrogen-bond acceptors (Lipinski definition) is 3. The van der Waals surface area contributed by atoms with Gasteiger partial charge < -0.3 is 15.0 Å². The van der Waals surface area contributed by atoms with Crippen LogP contribution in [0.25, 0.3) is 0 Å². The summed E-state index contributed by atoms with van der Waals surface area (Å²) in [4.78, 5) is 29.3. The average molecular weight is 533 g/mol. The fourth-order valence-corrected chi connectivity index (χ4v) is 5.24. The van der Waals surface area contributed by atoms with Gasteiger partial charge in [0, 0.05) is 24.0 Å². The van der Waals surface area contributed by atoms with E-state index in [2.05, 4.69) is 19.2 Å². The fraction of sp³-hybridized carbons (Fsp3) is 0.375. The Bertz CT molecular complexity index is 1210. The molecule has 200 valence electrons. The SMILES string of the molecule is CC(C)c1ccccc1OCC(=O)N(Cc1ccccc1Cl)[C@@H](Cc1ccccc1)C(=O)NC1CCCC1. The standard InChI is InChI=1S/C32H37ClN2O3/c1-23(2)27-17-9-11-19-30(27)38-22-31(36)35(21-25-14-6-10-18-28(25)33)29(20-24-12-4-3-5-13-24)32(37)34-26-15-7-8-16-26/h3-6,9-14,17-19,23,26,29H,7-8,15-16,20-22H2,1-2H3,(H,34,37)/t29-/m0/s1. The molecule has 2 amide bonds. The summed E-state index contributed by atoms with van der Waals surface area (Å²) in [5.41, 5.74) is 2.82. The van der Waals surface area contributed by atoms with E-state index in [1.54, 1.807) is 11.0 Å². The maximum Gasteiger partial charge on any atom is 0.261 e. The predicted molar refractivity (Wildman–Crippen MR) is 152 cm³/mol. The monoisotopic (exact) mass is 532 g/mol. The van der Waals surface area contributed by atoms with Crippen LogP contribution >= 0.6 is 11.6 Å². The van der Waals surface area contributed by atoms with Crippen LogP contribution in [0.3, 0.4) is 0 Å². The highest BCUT2D eigenvalue weighted by Gasteiger charge is 2.32. The van der Waals surface area contributed by atoms with Crippen LogP contribution in [0, 0.1) is 0 Å². The van der Waals surface area contributed by atoms with E-state index in [1.165, 1.54) is 0 Å². The van der Waals surface area contributed by atoms with Crippen molar-refractivity contribution < 1.29 is 14.3 Å². The minimum atomic E-state index is -0.703. The van der Waals surface area contributed by atoms with Crippen molar-refractivity contribution >= 4 is 23.4 Å². The topological polar surface area (TPSA) is 58.6 Å². The number of hydrogen-bond donors (Lipinski definition) is 1. The summed E-state index contributed by atoms with van der Waals surface area (Å²) in [6, 6.07) is 24.5. The number of nitrogens with one attached hydrogen (secondary N) is 1. The minimum Gasteiger partial charge on any atom is -0.483 e. The van der Waals surface area contributed by atoms with Gasteiger partial charge in [0.2, 0.25) is 5.91 Å². The Kier molecular flexibility index (Phi) is 9.83. The summed E-state index contributed by atoms with van der Waals surface area (Å²) < 4.78 is 6.07. The molecule has 5 nitrogen and oxygen atoms in total. The average Bonchev–Trinajstić information content (AvgIpc) is 3.44. The Morgan fingerprint density at radius 3 is 2.32 bits per heavy atom. The third kappa shape index (κ3) is 7.38. The van der Waals surface area contributed by atoms with E-state index in [9.17, 15) is 9.59 Å². The van der Waals surface area contributed by atoms with Gasteiger partial charge in [0.05, 0.1) is 0 Å². The van der Waals surface area contributed by atoms with Crippen molar-refractivity contribution in [3.8, 4) is 5.75 Å². The van der Waals surface area contributed by atoms with Gasteiger partial charge >= 0.3 is 0 Å². The molecule has 0 aliphatic heterocycles. The van der Waals surface area contributed by atoms with Gasteiger partial charge in [0.25, 0.3) is 5.91 Å². The normalized spacial score (nSPS) is 14.3. The van der Waals surface area contributed by atoms with E-state index in [-0.39, 0.29) is 36.9 Å². The Labute approximate surface area is 231 Å². The number of carbonyl (C=O) groups excluding carboxylic acids is 2. The van der Waals surface area contributed by atoms with Crippen molar-refractivity contribution in [2.24, 2.45) is 0 Å². The molecule has 1 N–H and O–H groups in total. The van der Waals surface area contributed by atoms with E-state index >= 15 is 0 Å². The lowest BCUT2D eigenvalue weighted by molar-refractivity contribution is -0.143. The Balaban J connectivity index is 1.63. The molecule has 0 aromatic heterocycles. The van der Waals surface area contributed by atoms with E-state index < -0.39 is 6.04 Å². The molecule has 3 aromatic rings. The quantitative estimate of drug-likeness (QED) is 0.305. The van der Waals surface area contributed by atoms with Gasteiger partial charge in [-0.05, 0) is 47.6 Å². The van der Waals surface area contributed by atoms with Crippen LogP contribution in [0.2, 0.25) is 5.02 Å². The molecule has 1 saturated carbocycles. The minimum absolute atomic E-state index is 0.135. The number of para-hydroxylation sites is 1. The van der Waals surface area contributed by atoms with Crippen molar-refractivity contribution in [3.05, 3.63) is 101 Å². The van der Waals surface area contributed by atoms with Gasteiger partial charge in [-0.3, -0.25) is 9.59 Å². The van der Waals surface area contributed by atoms with Crippen molar-refractivity contribution in [2.75, 3.05) is 6.61 Å². The zero-order chi connectivity index (χ0) is 26.9. The first-order valence-electron chi connectivity index (χ1n) is 13.5. The summed E-state index contributed by atoms with van der Waals surface area (Å²) in [6.45, 7) is 4.23. The van der Waals surface area contributed by atoms with Crippen molar-refractivity contribution in [3.63, 3.8) is 0 Å². The molecule has 1 fully saturated rings. The zero-order valence-corrected chi connectivity index (χ0v) is 23.0. The molecule has 1 atom stereocenters. The maximum absolute atomic E-state index is 13.9. The highest BCUT2D eigenvalue weighted by molar-refractivity contribution is 6.31. The summed E-state index contributed by atoms with van der Waals surface area (Å²) in [5.74, 6) is 0.543. The van der Waals surface area contributed by atoms with E-state index in [0.717, 1.165) is 42.4 Å². The van der Waals surface area contributed by atoms with E-state index in [1.807, 2.05) is 72.8 Å². The van der Waals surface area contributed by atoms with Crippen LogP contribution in [-0.2, 0) is 22.6 Å². The Hall–Kier alpha value is -3.31. The van der Waals surface area contributed by atoms with Gasteiger partial charge in [-0.25, -0.2) is 0 Å². The Morgan fingerprint density at radius 1 is 0.947 bits per heavy atom. The third-order valence-corrected chi connectivity index (χ3v) is 7.53.